The molecule has 0 saturated carbocycles. The highest BCUT2D eigenvalue weighted by Crippen LogP contribution is 2.44. The van der Waals surface area contributed by atoms with Gasteiger partial charge < -0.3 is 19.7 Å². The molecule has 1 heterocycles. The van der Waals surface area contributed by atoms with Crippen LogP contribution in [0.1, 0.15) is 63.0 Å². The van der Waals surface area contributed by atoms with E-state index in [0.717, 1.165) is 22.3 Å². The van der Waals surface area contributed by atoms with Gasteiger partial charge in [-0.05, 0) is 68.5 Å². The Morgan fingerprint density at radius 1 is 1.02 bits per heavy atom. The zero-order chi connectivity index (χ0) is 31.6. The van der Waals surface area contributed by atoms with E-state index in [1.807, 2.05) is 24.3 Å². The van der Waals surface area contributed by atoms with E-state index in [0.29, 0.717) is 34.7 Å². The van der Waals surface area contributed by atoms with Crippen molar-refractivity contribution in [2.75, 3.05) is 20.2 Å². The number of aromatic nitrogens is 2. The van der Waals surface area contributed by atoms with Gasteiger partial charge in [0.15, 0.2) is 0 Å². The predicted octanol–water partition coefficient (Wildman–Crippen LogP) is 6.91. The Kier molecular flexibility index (Phi) is 8.97. The molecule has 1 aliphatic carbocycles. The number of rotatable bonds is 8. The molecule has 0 saturated heterocycles. The minimum atomic E-state index is -0.662. The van der Waals surface area contributed by atoms with Crippen LogP contribution in [-0.4, -0.2) is 52.4 Å². The Hall–Kier alpha value is -4.37. The van der Waals surface area contributed by atoms with Crippen LogP contribution in [-0.2, 0) is 16.0 Å². The number of nitrogens with one attached hydrogen (secondary N) is 1. The second kappa shape index (κ2) is 12.7. The Balaban J connectivity index is 1.32. The minimum absolute atomic E-state index is 0.0791. The lowest BCUT2D eigenvalue weighted by atomic mass is 9.98. The standard InChI is InChI=1S/C34H37ClN4O5/c1-21(36-32(41)43-20-26-24-14-8-6-12-22(24)23-13-7-9-15-25(23)26)30-37-28-17-10-16-27(35)29(28)31(40)39(30)19-11-18-38(5)33(42)44-34(2,3)4/h6-10,12-17,21,26H,11,18-20H2,1-5H3,(H,36,41)/t21-/m0/s1. The second-order valence-corrected chi connectivity index (χ2v) is 12.4. The Morgan fingerprint density at radius 2 is 1.66 bits per heavy atom. The van der Waals surface area contributed by atoms with Gasteiger partial charge in [-0.1, -0.05) is 66.2 Å². The van der Waals surface area contributed by atoms with Gasteiger partial charge in [-0.25, -0.2) is 14.6 Å². The number of carbonyl (C=O) groups excluding carboxylic acids is 2. The van der Waals surface area contributed by atoms with Crippen molar-refractivity contribution >= 4 is 34.7 Å². The van der Waals surface area contributed by atoms with Gasteiger partial charge in [-0.3, -0.25) is 9.36 Å². The highest BCUT2D eigenvalue weighted by molar-refractivity contribution is 6.35. The molecule has 0 radical (unpaired) electrons. The van der Waals surface area contributed by atoms with Crippen LogP contribution in [0.3, 0.4) is 0 Å². The van der Waals surface area contributed by atoms with Crippen molar-refractivity contribution in [3.8, 4) is 11.1 Å². The molecule has 1 atom stereocenters. The SMILES string of the molecule is C[C@H](NC(=O)OCC1c2ccccc2-c2ccccc21)c1nc2cccc(Cl)c2c(=O)n1CCCN(C)C(=O)OC(C)(C)C. The minimum Gasteiger partial charge on any atom is -0.449 e. The zero-order valence-corrected chi connectivity index (χ0v) is 26.4. The van der Waals surface area contributed by atoms with Crippen LogP contribution in [0.5, 0.6) is 0 Å². The van der Waals surface area contributed by atoms with Crippen molar-refractivity contribution in [3.05, 3.63) is 99.1 Å². The van der Waals surface area contributed by atoms with Crippen molar-refractivity contribution in [1.29, 1.82) is 0 Å². The summed E-state index contributed by atoms with van der Waals surface area (Å²) in [6, 6.07) is 20.7. The number of hydrogen-bond donors (Lipinski definition) is 1. The molecule has 1 aliphatic rings. The number of amides is 2. The van der Waals surface area contributed by atoms with Gasteiger partial charge in [0, 0.05) is 26.1 Å². The van der Waals surface area contributed by atoms with Gasteiger partial charge in [0.05, 0.1) is 22.0 Å². The fraction of sp³-hybridized carbons (Fsp3) is 0.353. The molecule has 1 aromatic heterocycles. The van der Waals surface area contributed by atoms with Crippen molar-refractivity contribution < 1.29 is 19.1 Å². The topological polar surface area (TPSA) is 103 Å². The predicted molar refractivity (Wildman–Crippen MR) is 171 cm³/mol. The van der Waals surface area contributed by atoms with E-state index >= 15 is 0 Å². The third kappa shape index (κ3) is 6.58. The smallest absolute Gasteiger partial charge is 0.410 e. The summed E-state index contributed by atoms with van der Waals surface area (Å²) in [4.78, 5) is 45.4. The lowest BCUT2D eigenvalue weighted by Gasteiger charge is -2.25. The highest BCUT2D eigenvalue weighted by atomic mass is 35.5. The molecule has 0 fully saturated rings. The van der Waals surface area contributed by atoms with Gasteiger partial charge >= 0.3 is 12.2 Å². The summed E-state index contributed by atoms with van der Waals surface area (Å²) in [7, 11) is 1.65. The van der Waals surface area contributed by atoms with E-state index in [9.17, 15) is 14.4 Å². The van der Waals surface area contributed by atoms with Crippen LogP contribution in [0.25, 0.3) is 22.0 Å². The lowest BCUT2D eigenvalue weighted by molar-refractivity contribution is 0.0295. The number of hydrogen-bond acceptors (Lipinski definition) is 6. The molecule has 5 rings (SSSR count). The first kappa shape index (κ1) is 31.1. The van der Waals surface area contributed by atoms with Crippen LogP contribution in [0.4, 0.5) is 9.59 Å². The average Bonchev–Trinajstić information content (AvgIpc) is 3.29. The molecule has 44 heavy (non-hydrogen) atoms. The summed E-state index contributed by atoms with van der Waals surface area (Å²) in [5.74, 6) is 0.280. The maximum Gasteiger partial charge on any atom is 0.410 e. The number of alkyl carbamates (subject to hydrolysis) is 1. The summed E-state index contributed by atoms with van der Waals surface area (Å²) < 4.78 is 12.7. The molecule has 9 nitrogen and oxygen atoms in total. The number of nitrogens with zero attached hydrogens (tertiary/aromatic N) is 3. The van der Waals surface area contributed by atoms with Gasteiger partial charge in [0.1, 0.15) is 18.0 Å². The van der Waals surface area contributed by atoms with Gasteiger partial charge in [-0.2, -0.15) is 0 Å². The number of ether oxygens (including phenoxy) is 2. The van der Waals surface area contributed by atoms with E-state index in [-0.39, 0.29) is 24.6 Å². The van der Waals surface area contributed by atoms with Crippen LogP contribution in [0.2, 0.25) is 5.02 Å². The van der Waals surface area contributed by atoms with Crippen LogP contribution < -0.4 is 10.9 Å². The Morgan fingerprint density at radius 3 is 2.30 bits per heavy atom. The first-order valence-electron chi connectivity index (χ1n) is 14.7. The van der Waals surface area contributed by atoms with Crippen molar-refractivity contribution in [2.45, 2.75) is 58.2 Å². The summed E-state index contributed by atoms with van der Waals surface area (Å²) >= 11 is 6.40. The molecule has 4 aromatic rings. The molecule has 0 unspecified atom stereocenters. The van der Waals surface area contributed by atoms with E-state index in [1.54, 1.807) is 52.9 Å². The first-order chi connectivity index (χ1) is 20.9. The summed E-state index contributed by atoms with van der Waals surface area (Å²) in [6.07, 6.45) is -0.621. The highest BCUT2D eigenvalue weighted by Gasteiger charge is 2.29. The van der Waals surface area contributed by atoms with Crippen LogP contribution in [0.15, 0.2) is 71.5 Å². The first-order valence-corrected chi connectivity index (χ1v) is 15.1. The Bertz CT molecular complexity index is 1720. The number of benzene rings is 3. The van der Waals surface area contributed by atoms with Crippen LogP contribution >= 0.6 is 11.6 Å². The summed E-state index contributed by atoms with van der Waals surface area (Å²) in [5.41, 5.74) is 4.02. The summed E-state index contributed by atoms with van der Waals surface area (Å²) in [6.45, 7) is 7.92. The molecule has 0 spiro atoms. The van der Waals surface area contributed by atoms with E-state index in [1.165, 1.54) is 9.47 Å². The maximum atomic E-state index is 13.7. The molecular formula is C34H37ClN4O5. The van der Waals surface area contributed by atoms with E-state index in [2.05, 4.69) is 29.6 Å². The molecule has 2 amide bonds. The van der Waals surface area contributed by atoms with Crippen molar-refractivity contribution in [2.24, 2.45) is 0 Å². The fourth-order valence-corrected chi connectivity index (χ4v) is 5.82. The van der Waals surface area contributed by atoms with Crippen molar-refractivity contribution in [1.82, 2.24) is 19.8 Å². The summed E-state index contributed by atoms with van der Waals surface area (Å²) in [5, 5.41) is 3.45. The molecule has 0 bridgehead atoms. The monoisotopic (exact) mass is 616 g/mol. The van der Waals surface area contributed by atoms with Crippen LogP contribution in [0, 0.1) is 0 Å². The fourth-order valence-electron chi connectivity index (χ4n) is 5.57. The van der Waals surface area contributed by atoms with Gasteiger partial charge in [0.25, 0.3) is 5.56 Å². The maximum absolute atomic E-state index is 13.7. The lowest BCUT2D eigenvalue weighted by Crippen LogP contribution is -2.37. The number of halogens is 1. The average molecular weight is 617 g/mol. The molecular weight excluding hydrogens is 580 g/mol. The number of carbonyl (C=O) groups is 2. The third-order valence-electron chi connectivity index (χ3n) is 7.61. The van der Waals surface area contributed by atoms with Gasteiger partial charge in [-0.15, -0.1) is 0 Å². The quantitative estimate of drug-likeness (QED) is 0.231. The van der Waals surface area contributed by atoms with E-state index in [4.69, 9.17) is 26.1 Å². The van der Waals surface area contributed by atoms with E-state index < -0.39 is 23.8 Å². The largest absolute Gasteiger partial charge is 0.449 e. The molecule has 0 aliphatic heterocycles. The molecule has 10 heteroatoms. The third-order valence-corrected chi connectivity index (χ3v) is 7.92. The normalized spacial score (nSPS) is 13.2. The second-order valence-electron chi connectivity index (χ2n) is 12.0. The molecule has 230 valence electrons. The number of fused-ring (bicyclic) bond motifs is 4. The molecule has 3 aromatic carbocycles. The Labute approximate surface area is 261 Å². The zero-order valence-electron chi connectivity index (χ0n) is 25.6. The van der Waals surface area contributed by atoms with Crippen molar-refractivity contribution in [3.63, 3.8) is 0 Å². The van der Waals surface area contributed by atoms with Gasteiger partial charge in [0.2, 0.25) is 0 Å². The molecule has 1 N–H and O–H groups in total.